The van der Waals surface area contributed by atoms with Gasteiger partial charge in [0.1, 0.15) is 5.84 Å². The molecule has 0 saturated carbocycles. The molecule has 0 bridgehead atoms. The van der Waals surface area contributed by atoms with E-state index in [4.69, 9.17) is 34.8 Å². The van der Waals surface area contributed by atoms with Gasteiger partial charge in [0.15, 0.2) is 11.3 Å². The Morgan fingerprint density at radius 2 is 1.83 bits per heavy atom. The van der Waals surface area contributed by atoms with Crippen molar-refractivity contribution in [1.82, 2.24) is 5.32 Å². The number of hydrogen-bond acceptors (Lipinski definition) is 4. The molecule has 0 saturated heterocycles. The summed E-state index contributed by atoms with van der Waals surface area (Å²) < 4.78 is -1.55. The Morgan fingerprint density at radius 3 is 2.39 bits per heavy atom. The number of hydrogen-bond donors (Lipinski definition) is 1. The second-order valence-corrected chi connectivity index (χ2v) is 6.69. The smallest absolute Gasteiger partial charge is 0.232 e. The zero-order valence-electron chi connectivity index (χ0n) is 9.40. The molecule has 3 nitrogen and oxygen atoms in total. The third-order valence-electron chi connectivity index (χ3n) is 2.25. The van der Waals surface area contributed by atoms with Gasteiger partial charge in [-0.05, 0) is 6.26 Å². The van der Waals surface area contributed by atoms with Gasteiger partial charge in [-0.15, -0.1) is 0 Å². The van der Waals surface area contributed by atoms with Gasteiger partial charge >= 0.3 is 0 Å². The number of nitrogens with one attached hydrogen (secondary N) is 1. The lowest BCUT2D eigenvalue weighted by molar-refractivity contribution is 0.717. The zero-order valence-corrected chi connectivity index (χ0v) is 12.5. The minimum atomic E-state index is -1.55. The van der Waals surface area contributed by atoms with Crippen molar-refractivity contribution in [2.75, 3.05) is 6.26 Å². The lowest BCUT2D eigenvalue weighted by Gasteiger charge is -2.24. The fourth-order valence-electron chi connectivity index (χ4n) is 1.42. The molecule has 1 N–H and O–H groups in total. The first-order valence-electron chi connectivity index (χ1n) is 5.09. The molecule has 2 rings (SSSR count). The van der Waals surface area contributed by atoms with Crippen LogP contribution in [0.2, 0.25) is 0 Å². The summed E-state index contributed by atoms with van der Waals surface area (Å²) in [4.78, 5) is 8.56. The third-order valence-corrected chi connectivity index (χ3v) is 3.43. The second-order valence-electron chi connectivity index (χ2n) is 3.52. The van der Waals surface area contributed by atoms with Gasteiger partial charge in [-0.3, -0.25) is 0 Å². The molecule has 96 valence electrons. The first-order valence-corrected chi connectivity index (χ1v) is 7.45. The van der Waals surface area contributed by atoms with Crippen molar-refractivity contribution in [2.24, 2.45) is 9.98 Å². The zero-order chi connectivity index (χ0) is 13.2. The molecular formula is C11H10Cl3N3S. The summed E-state index contributed by atoms with van der Waals surface area (Å²) in [5.41, 5.74) is 0.929. The summed E-state index contributed by atoms with van der Waals surface area (Å²) in [5.74, 6) is 0.659. The van der Waals surface area contributed by atoms with Crippen LogP contribution in [0.5, 0.6) is 0 Å². The fraction of sp³-hybridized carbons (Fsp3) is 0.273. The van der Waals surface area contributed by atoms with E-state index in [-0.39, 0.29) is 0 Å². The number of benzene rings is 1. The molecule has 1 unspecified atom stereocenters. The lowest BCUT2D eigenvalue weighted by atomic mass is 10.2. The Morgan fingerprint density at radius 1 is 1.17 bits per heavy atom. The van der Waals surface area contributed by atoms with Gasteiger partial charge in [0.05, 0.1) is 0 Å². The largest absolute Gasteiger partial charge is 0.319 e. The average Bonchev–Trinajstić information content (AvgIpc) is 2.38. The molecule has 0 fully saturated rings. The number of alkyl halides is 3. The normalized spacial score (nSPS) is 19.9. The van der Waals surface area contributed by atoms with E-state index in [1.165, 1.54) is 11.8 Å². The van der Waals surface area contributed by atoms with Crippen LogP contribution in [0.15, 0.2) is 40.3 Å². The van der Waals surface area contributed by atoms with Crippen molar-refractivity contribution in [2.45, 2.75) is 9.96 Å². The molecule has 0 spiro atoms. The highest BCUT2D eigenvalue weighted by atomic mass is 35.6. The van der Waals surface area contributed by atoms with E-state index < -0.39 is 9.96 Å². The molecule has 0 amide bonds. The first-order chi connectivity index (χ1) is 8.50. The number of thioether (sulfide) groups is 1. The molecule has 0 aromatic heterocycles. The third kappa shape index (κ3) is 3.32. The molecule has 1 heterocycles. The molecule has 18 heavy (non-hydrogen) atoms. The van der Waals surface area contributed by atoms with Crippen LogP contribution in [0.3, 0.4) is 0 Å². The Hall–Kier alpha value is -0.420. The van der Waals surface area contributed by atoms with E-state index >= 15 is 0 Å². The van der Waals surface area contributed by atoms with Gasteiger partial charge in [-0.25, -0.2) is 9.98 Å². The van der Waals surface area contributed by atoms with Crippen molar-refractivity contribution in [3.8, 4) is 0 Å². The molecule has 1 aliphatic rings. The second kappa shape index (κ2) is 5.70. The standard InChI is InChI=1S/C11H10Cl3N3S/c1-18-10-16-8(7-5-3-2-4-6-7)15-9(17-10)11(12,13)14/h2-6,9H,1H3,(H,15,16,17). The number of rotatable bonds is 1. The van der Waals surface area contributed by atoms with Crippen LogP contribution in [-0.2, 0) is 0 Å². The topological polar surface area (TPSA) is 36.8 Å². The maximum atomic E-state index is 5.87. The predicted octanol–water partition coefficient (Wildman–Crippen LogP) is 3.45. The highest BCUT2D eigenvalue weighted by Crippen LogP contribution is 2.34. The Kier molecular flexibility index (Phi) is 4.43. The fourth-order valence-corrected chi connectivity index (χ4v) is 2.12. The van der Waals surface area contributed by atoms with E-state index in [0.717, 1.165) is 5.56 Å². The van der Waals surface area contributed by atoms with Crippen molar-refractivity contribution in [3.05, 3.63) is 35.9 Å². The van der Waals surface area contributed by atoms with E-state index in [2.05, 4.69) is 15.3 Å². The summed E-state index contributed by atoms with van der Waals surface area (Å²) >= 11 is 19.0. The average molecular weight is 323 g/mol. The molecule has 1 aliphatic heterocycles. The molecule has 1 aromatic rings. The van der Waals surface area contributed by atoms with Crippen LogP contribution in [0, 0.1) is 0 Å². The first kappa shape index (κ1) is 14.0. The van der Waals surface area contributed by atoms with Crippen molar-refractivity contribution in [3.63, 3.8) is 0 Å². The number of nitrogens with zero attached hydrogens (tertiary/aromatic N) is 2. The molecule has 1 aromatic carbocycles. The van der Waals surface area contributed by atoms with E-state index in [1.54, 1.807) is 0 Å². The van der Waals surface area contributed by atoms with Gasteiger partial charge in [0, 0.05) is 5.56 Å². The van der Waals surface area contributed by atoms with Gasteiger partial charge in [-0.2, -0.15) is 0 Å². The van der Waals surface area contributed by atoms with Crippen LogP contribution in [0.1, 0.15) is 5.56 Å². The summed E-state index contributed by atoms with van der Waals surface area (Å²) in [7, 11) is 0. The Labute approximate surface area is 125 Å². The van der Waals surface area contributed by atoms with Gasteiger partial charge in [-0.1, -0.05) is 76.9 Å². The van der Waals surface area contributed by atoms with Gasteiger partial charge < -0.3 is 5.32 Å². The summed E-state index contributed by atoms with van der Waals surface area (Å²) in [6.45, 7) is 0. The van der Waals surface area contributed by atoms with Crippen LogP contribution >= 0.6 is 46.6 Å². The summed E-state index contributed by atoms with van der Waals surface area (Å²) in [6, 6.07) is 9.65. The number of aliphatic imine (C=N–C) groups is 2. The monoisotopic (exact) mass is 321 g/mol. The summed E-state index contributed by atoms with van der Waals surface area (Å²) in [5, 5.41) is 3.79. The highest BCUT2D eigenvalue weighted by Gasteiger charge is 2.35. The van der Waals surface area contributed by atoms with Crippen LogP contribution in [-0.4, -0.2) is 27.2 Å². The minimum Gasteiger partial charge on any atom is -0.319 e. The Bertz CT molecular complexity index is 482. The van der Waals surface area contributed by atoms with Crippen LogP contribution in [0.4, 0.5) is 0 Å². The molecule has 0 aliphatic carbocycles. The lowest BCUT2D eigenvalue weighted by Crippen LogP contribution is -2.39. The van der Waals surface area contributed by atoms with E-state index in [1.807, 2.05) is 36.6 Å². The van der Waals surface area contributed by atoms with Crippen LogP contribution < -0.4 is 5.32 Å². The maximum Gasteiger partial charge on any atom is 0.232 e. The van der Waals surface area contributed by atoms with Gasteiger partial charge in [0.2, 0.25) is 3.79 Å². The Balaban J connectivity index is 2.35. The molecule has 7 heteroatoms. The number of halogens is 3. The molecule has 1 atom stereocenters. The molecular weight excluding hydrogens is 313 g/mol. The SMILES string of the molecule is CSC1=NC(C(Cl)(Cl)Cl)N=C(c2ccccc2)N1. The highest BCUT2D eigenvalue weighted by molar-refractivity contribution is 8.13. The van der Waals surface area contributed by atoms with Crippen LogP contribution in [0.25, 0.3) is 0 Å². The predicted molar refractivity (Wildman–Crippen MR) is 81.1 cm³/mol. The van der Waals surface area contributed by atoms with Crippen molar-refractivity contribution < 1.29 is 0 Å². The van der Waals surface area contributed by atoms with Crippen molar-refractivity contribution >= 4 is 57.6 Å². The van der Waals surface area contributed by atoms with E-state index in [9.17, 15) is 0 Å². The van der Waals surface area contributed by atoms with Gasteiger partial charge in [0.25, 0.3) is 0 Å². The maximum absolute atomic E-state index is 5.87. The quantitative estimate of drug-likeness (QED) is 0.804. The van der Waals surface area contributed by atoms with Crippen molar-refractivity contribution in [1.29, 1.82) is 0 Å². The molecule has 0 radical (unpaired) electrons. The number of amidine groups is 2. The summed E-state index contributed by atoms with van der Waals surface area (Å²) in [6.07, 6.45) is 1.16. The van der Waals surface area contributed by atoms with E-state index in [0.29, 0.717) is 11.0 Å². The minimum absolute atomic E-state index is 0.659.